The zero-order valence-corrected chi connectivity index (χ0v) is 29.8. The van der Waals surface area contributed by atoms with Gasteiger partial charge >= 0.3 is 0 Å². The fourth-order valence-corrected chi connectivity index (χ4v) is 4.80. The second-order valence-corrected chi connectivity index (χ2v) is 10.5. The second kappa shape index (κ2) is 26.3. The molecule has 2 heterocycles. The van der Waals surface area contributed by atoms with Crippen molar-refractivity contribution < 1.29 is 24.4 Å². The smallest absolute Gasteiger partial charge is 0.119 e. The van der Waals surface area contributed by atoms with Crippen LogP contribution in [0.3, 0.4) is 0 Å². The molecule has 2 saturated heterocycles. The van der Waals surface area contributed by atoms with Gasteiger partial charge in [-0.1, -0.05) is 85.7 Å². The number of nitrogens with one attached hydrogen (secondary N) is 1. The number of hydrogen-bond acceptors (Lipinski definition) is 6. The molecule has 4 atom stereocenters. The number of benzene rings is 2. The molecule has 0 amide bonds. The van der Waals surface area contributed by atoms with Gasteiger partial charge in [-0.3, -0.25) is 0 Å². The van der Waals surface area contributed by atoms with Crippen LogP contribution in [0.5, 0.6) is 5.75 Å². The van der Waals surface area contributed by atoms with E-state index in [1.807, 2.05) is 67.5 Å². The molecule has 3 N–H and O–H groups in total. The van der Waals surface area contributed by atoms with Crippen molar-refractivity contribution in [2.24, 2.45) is 0 Å². The molecular formula is C38H67NO5. The maximum absolute atomic E-state index is 10.1. The predicted octanol–water partition coefficient (Wildman–Crippen LogP) is 8.58. The first kappa shape index (κ1) is 42.0. The highest BCUT2D eigenvalue weighted by molar-refractivity contribution is 5.38. The molecule has 0 aromatic heterocycles. The van der Waals surface area contributed by atoms with Crippen LogP contribution in [0.4, 0.5) is 0 Å². The molecule has 254 valence electrons. The van der Waals surface area contributed by atoms with Crippen molar-refractivity contribution in [1.29, 1.82) is 0 Å². The van der Waals surface area contributed by atoms with E-state index in [4.69, 9.17) is 14.2 Å². The maximum atomic E-state index is 10.1. The quantitative estimate of drug-likeness (QED) is 0.245. The fraction of sp³-hybridized carbons (Fsp3) is 0.684. The summed E-state index contributed by atoms with van der Waals surface area (Å²) in [6.07, 6.45) is 6.55. The Bertz CT molecular complexity index is 925. The van der Waals surface area contributed by atoms with Crippen molar-refractivity contribution >= 4 is 0 Å². The number of ether oxygens (including phenoxy) is 3. The van der Waals surface area contributed by atoms with Crippen LogP contribution in [0.15, 0.2) is 42.5 Å². The van der Waals surface area contributed by atoms with Crippen LogP contribution < -0.4 is 10.1 Å². The third-order valence-electron chi connectivity index (χ3n) is 7.18. The molecule has 6 heteroatoms. The number of aryl methyl sites for hydroxylation is 1. The predicted molar refractivity (Wildman–Crippen MR) is 187 cm³/mol. The Morgan fingerprint density at radius 1 is 0.864 bits per heavy atom. The third-order valence-corrected chi connectivity index (χ3v) is 7.18. The van der Waals surface area contributed by atoms with Gasteiger partial charge in [0.25, 0.3) is 0 Å². The van der Waals surface area contributed by atoms with Gasteiger partial charge in [-0.05, 0) is 86.9 Å². The first-order valence-corrected chi connectivity index (χ1v) is 17.6. The summed E-state index contributed by atoms with van der Waals surface area (Å²) < 4.78 is 17.3. The lowest BCUT2D eigenvalue weighted by Crippen LogP contribution is -2.33. The number of aliphatic hydroxyl groups is 2. The first-order valence-electron chi connectivity index (χ1n) is 17.6. The van der Waals surface area contributed by atoms with Crippen molar-refractivity contribution in [3.05, 3.63) is 64.7 Å². The van der Waals surface area contributed by atoms with Gasteiger partial charge in [0.05, 0.1) is 37.6 Å². The summed E-state index contributed by atoms with van der Waals surface area (Å²) in [5, 5.41) is 22.9. The average Bonchev–Trinajstić information content (AvgIpc) is 3.79. The Morgan fingerprint density at radius 2 is 1.52 bits per heavy atom. The number of rotatable bonds is 9. The highest BCUT2D eigenvalue weighted by Gasteiger charge is 2.29. The molecule has 5 rings (SSSR count). The minimum atomic E-state index is -0.437. The van der Waals surface area contributed by atoms with Crippen LogP contribution >= 0.6 is 0 Å². The van der Waals surface area contributed by atoms with E-state index in [9.17, 15) is 10.2 Å². The molecule has 0 radical (unpaired) electrons. The molecular weight excluding hydrogens is 550 g/mol. The topological polar surface area (TPSA) is 80.2 Å². The van der Waals surface area contributed by atoms with E-state index in [2.05, 4.69) is 49.5 Å². The van der Waals surface area contributed by atoms with Crippen LogP contribution in [0.1, 0.15) is 129 Å². The molecule has 0 bridgehead atoms. The Balaban J connectivity index is 0.00000112. The molecule has 1 aliphatic carbocycles. The normalized spacial score (nSPS) is 21.6. The Labute approximate surface area is 270 Å². The van der Waals surface area contributed by atoms with Crippen molar-refractivity contribution in [3.63, 3.8) is 0 Å². The van der Waals surface area contributed by atoms with Crippen LogP contribution in [-0.4, -0.2) is 60.9 Å². The minimum Gasteiger partial charge on any atom is -0.491 e. The lowest BCUT2D eigenvalue weighted by molar-refractivity contribution is -0.113. The van der Waals surface area contributed by atoms with E-state index in [0.717, 1.165) is 23.8 Å². The van der Waals surface area contributed by atoms with Crippen LogP contribution in [0.2, 0.25) is 0 Å². The monoisotopic (exact) mass is 618 g/mol. The summed E-state index contributed by atoms with van der Waals surface area (Å²) in [4.78, 5) is 0. The van der Waals surface area contributed by atoms with Gasteiger partial charge in [0.2, 0.25) is 0 Å². The highest BCUT2D eigenvalue weighted by atomic mass is 16.5. The van der Waals surface area contributed by atoms with Crippen molar-refractivity contribution in [1.82, 2.24) is 5.32 Å². The molecule has 1 saturated carbocycles. The molecule has 3 fully saturated rings. The molecule has 6 nitrogen and oxygen atoms in total. The average molecular weight is 618 g/mol. The summed E-state index contributed by atoms with van der Waals surface area (Å²) in [6, 6.07) is 15.4. The summed E-state index contributed by atoms with van der Waals surface area (Å²) >= 11 is 0. The van der Waals surface area contributed by atoms with Crippen LogP contribution in [-0.2, 0) is 15.9 Å². The lowest BCUT2D eigenvalue weighted by atomic mass is 9.92. The molecule has 44 heavy (non-hydrogen) atoms. The minimum absolute atomic E-state index is 0.0621. The largest absolute Gasteiger partial charge is 0.491 e. The number of hydrogen-bond donors (Lipinski definition) is 3. The molecule has 3 aliphatic rings. The maximum Gasteiger partial charge on any atom is 0.119 e. The van der Waals surface area contributed by atoms with Gasteiger partial charge in [0.15, 0.2) is 0 Å². The van der Waals surface area contributed by atoms with E-state index in [1.54, 1.807) is 0 Å². The van der Waals surface area contributed by atoms with Gasteiger partial charge < -0.3 is 29.7 Å². The van der Waals surface area contributed by atoms with E-state index < -0.39 is 6.10 Å². The first-order chi connectivity index (χ1) is 21.5. The zero-order valence-electron chi connectivity index (χ0n) is 29.8. The standard InChI is InChI=1S/C25H32O5.C5H11N.4C2H6/c1-17-2-5-19(25-15-21(27)14-24(16-26)30-25)13-20(17)12-18-3-6-22(7-4-18)28-10-11-29-23-8-9-23;1-5-3-2-4-6-5;4*1-2/h2-7,13,21,23-27H,8-12,14-16H2,1H3;5-6H,2-4H2,1H3;4*1-2H3. The van der Waals surface area contributed by atoms with Crippen molar-refractivity contribution in [2.75, 3.05) is 26.4 Å². The summed E-state index contributed by atoms with van der Waals surface area (Å²) in [6.45, 7) is 22.7. The molecule has 4 unspecified atom stereocenters. The van der Waals surface area contributed by atoms with E-state index >= 15 is 0 Å². The third kappa shape index (κ3) is 16.9. The lowest BCUT2D eigenvalue weighted by Gasteiger charge is -2.32. The summed E-state index contributed by atoms with van der Waals surface area (Å²) in [7, 11) is 0. The molecule has 2 aromatic carbocycles. The SMILES string of the molecule is CC.CC.CC.CC.CC1CCCN1.Cc1ccc(C2CC(O)CC(CO)O2)cc1Cc1ccc(OCCOC2CC2)cc1. The molecule has 2 aliphatic heterocycles. The van der Waals surface area contributed by atoms with Gasteiger partial charge in [-0.15, -0.1) is 0 Å². The molecule has 0 spiro atoms. The summed E-state index contributed by atoms with van der Waals surface area (Å²) in [5.74, 6) is 0.864. The fourth-order valence-electron chi connectivity index (χ4n) is 4.80. The highest BCUT2D eigenvalue weighted by Crippen LogP contribution is 2.33. The van der Waals surface area contributed by atoms with Gasteiger partial charge in [0, 0.05) is 18.9 Å². The Hall–Kier alpha value is -1.96. The second-order valence-electron chi connectivity index (χ2n) is 10.5. The van der Waals surface area contributed by atoms with Crippen molar-refractivity contribution in [2.45, 2.75) is 145 Å². The molecule has 2 aromatic rings. The van der Waals surface area contributed by atoms with Gasteiger partial charge in [-0.2, -0.15) is 0 Å². The van der Waals surface area contributed by atoms with Crippen LogP contribution in [0, 0.1) is 6.92 Å². The Kier molecular flexibility index (Phi) is 25.1. The van der Waals surface area contributed by atoms with Crippen LogP contribution in [0.25, 0.3) is 0 Å². The zero-order chi connectivity index (χ0) is 33.3. The van der Waals surface area contributed by atoms with E-state index in [1.165, 1.54) is 48.9 Å². The van der Waals surface area contributed by atoms with Gasteiger partial charge in [-0.25, -0.2) is 0 Å². The van der Waals surface area contributed by atoms with Gasteiger partial charge in [0.1, 0.15) is 12.4 Å². The van der Waals surface area contributed by atoms with E-state index in [0.29, 0.717) is 32.2 Å². The van der Waals surface area contributed by atoms with E-state index in [-0.39, 0.29) is 18.8 Å². The van der Waals surface area contributed by atoms with Crippen molar-refractivity contribution in [3.8, 4) is 5.75 Å². The summed E-state index contributed by atoms with van der Waals surface area (Å²) in [5.41, 5.74) is 4.74. The Morgan fingerprint density at radius 3 is 2.05 bits per heavy atom. The number of aliphatic hydroxyl groups excluding tert-OH is 2.